The number of benzene rings is 1. The summed E-state index contributed by atoms with van der Waals surface area (Å²) in [6.45, 7) is 2.42. The van der Waals surface area contributed by atoms with E-state index in [0.717, 1.165) is 11.1 Å². The summed E-state index contributed by atoms with van der Waals surface area (Å²) in [7, 11) is 1.67. The van der Waals surface area contributed by atoms with Gasteiger partial charge in [0.1, 0.15) is 6.04 Å². The molecule has 1 aliphatic rings. The van der Waals surface area contributed by atoms with Crippen LogP contribution in [-0.2, 0) is 16.1 Å². The average Bonchev–Trinajstić information content (AvgIpc) is 2.69. The van der Waals surface area contributed by atoms with E-state index in [4.69, 9.17) is 11.6 Å². The summed E-state index contributed by atoms with van der Waals surface area (Å²) in [6, 6.07) is 5.25. The Hall–Kier alpha value is -1.55. The van der Waals surface area contributed by atoms with Crippen LogP contribution in [0, 0.1) is 6.92 Å². The maximum absolute atomic E-state index is 12.0. The molecule has 0 aliphatic carbocycles. The SMILES string of the molecule is Cc1cc(Cl)ccc1CNC(=O)C1CCC(=O)N1C. The van der Waals surface area contributed by atoms with Gasteiger partial charge in [-0.2, -0.15) is 0 Å². The Kier molecular flexibility index (Phi) is 4.10. The lowest BCUT2D eigenvalue weighted by Gasteiger charge is -2.19. The summed E-state index contributed by atoms with van der Waals surface area (Å²) in [5, 5.41) is 3.56. The van der Waals surface area contributed by atoms with E-state index in [2.05, 4.69) is 5.32 Å². The van der Waals surface area contributed by atoms with Gasteiger partial charge in [0.25, 0.3) is 0 Å². The van der Waals surface area contributed by atoms with Crippen LogP contribution in [0.25, 0.3) is 0 Å². The van der Waals surface area contributed by atoms with E-state index in [-0.39, 0.29) is 17.9 Å². The fraction of sp³-hybridized carbons (Fsp3) is 0.429. The number of hydrogen-bond donors (Lipinski definition) is 1. The van der Waals surface area contributed by atoms with Gasteiger partial charge in [0.2, 0.25) is 11.8 Å². The Morgan fingerprint density at radius 2 is 2.26 bits per heavy atom. The molecule has 0 spiro atoms. The maximum Gasteiger partial charge on any atom is 0.243 e. The van der Waals surface area contributed by atoms with E-state index in [1.165, 1.54) is 4.90 Å². The predicted molar refractivity (Wildman–Crippen MR) is 73.8 cm³/mol. The molecule has 1 fully saturated rings. The third-order valence-corrected chi connectivity index (χ3v) is 3.79. The van der Waals surface area contributed by atoms with Gasteiger partial charge in [0.05, 0.1) is 0 Å². The molecule has 0 bridgehead atoms. The minimum atomic E-state index is -0.333. The first-order valence-electron chi connectivity index (χ1n) is 6.27. The van der Waals surface area contributed by atoms with E-state index < -0.39 is 0 Å². The third-order valence-electron chi connectivity index (χ3n) is 3.55. The zero-order valence-corrected chi connectivity index (χ0v) is 11.8. The third kappa shape index (κ3) is 3.07. The van der Waals surface area contributed by atoms with Crippen molar-refractivity contribution < 1.29 is 9.59 Å². The highest BCUT2D eigenvalue weighted by atomic mass is 35.5. The molecule has 5 heteroatoms. The van der Waals surface area contributed by atoms with Crippen molar-refractivity contribution in [1.82, 2.24) is 10.2 Å². The van der Waals surface area contributed by atoms with Crippen LogP contribution in [0.4, 0.5) is 0 Å². The lowest BCUT2D eigenvalue weighted by molar-refractivity contribution is -0.133. The largest absolute Gasteiger partial charge is 0.350 e. The van der Waals surface area contributed by atoms with Crippen LogP contribution in [-0.4, -0.2) is 29.8 Å². The van der Waals surface area contributed by atoms with Crippen LogP contribution in [0.2, 0.25) is 5.02 Å². The highest BCUT2D eigenvalue weighted by molar-refractivity contribution is 6.30. The number of aryl methyl sites for hydroxylation is 1. The maximum atomic E-state index is 12.0. The summed E-state index contributed by atoms with van der Waals surface area (Å²) < 4.78 is 0. The van der Waals surface area contributed by atoms with E-state index >= 15 is 0 Å². The van der Waals surface area contributed by atoms with Crippen molar-refractivity contribution in [2.24, 2.45) is 0 Å². The molecule has 102 valence electrons. The minimum absolute atomic E-state index is 0.0304. The molecule has 1 heterocycles. The van der Waals surface area contributed by atoms with Crippen LogP contribution >= 0.6 is 11.6 Å². The molecule has 1 N–H and O–H groups in total. The van der Waals surface area contributed by atoms with Crippen molar-refractivity contribution in [3.63, 3.8) is 0 Å². The first-order valence-corrected chi connectivity index (χ1v) is 6.65. The number of nitrogens with one attached hydrogen (secondary N) is 1. The number of carbonyl (C=O) groups excluding carboxylic acids is 2. The van der Waals surface area contributed by atoms with Gasteiger partial charge in [-0.25, -0.2) is 0 Å². The zero-order valence-electron chi connectivity index (χ0n) is 11.1. The molecule has 1 aromatic carbocycles. The molecule has 1 aromatic rings. The smallest absolute Gasteiger partial charge is 0.243 e. The van der Waals surface area contributed by atoms with Gasteiger partial charge in [0, 0.05) is 25.0 Å². The fourth-order valence-corrected chi connectivity index (χ4v) is 2.50. The van der Waals surface area contributed by atoms with Gasteiger partial charge < -0.3 is 10.2 Å². The number of rotatable bonds is 3. The first-order chi connectivity index (χ1) is 8.99. The van der Waals surface area contributed by atoms with Crippen molar-refractivity contribution in [2.75, 3.05) is 7.05 Å². The first kappa shape index (κ1) is 13.9. The number of nitrogens with zero attached hydrogens (tertiary/aromatic N) is 1. The molecule has 19 heavy (non-hydrogen) atoms. The van der Waals surface area contributed by atoms with Crippen LogP contribution in [0.3, 0.4) is 0 Å². The molecule has 1 saturated heterocycles. The summed E-state index contributed by atoms with van der Waals surface area (Å²) in [5.41, 5.74) is 2.08. The lowest BCUT2D eigenvalue weighted by Crippen LogP contribution is -2.42. The Morgan fingerprint density at radius 1 is 1.53 bits per heavy atom. The summed E-state index contributed by atoms with van der Waals surface area (Å²) in [4.78, 5) is 24.9. The van der Waals surface area contributed by atoms with Gasteiger partial charge in [-0.05, 0) is 36.6 Å². The molecule has 0 aromatic heterocycles. The monoisotopic (exact) mass is 280 g/mol. The summed E-state index contributed by atoms with van der Waals surface area (Å²) in [5.74, 6) is -0.0643. The lowest BCUT2D eigenvalue weighted by atomic mass is 10.1. The minimum Gasteiger partial charge on any atom is -0.350 e. The number of likely N-dealkylation sites (N-methyl/N-ethyl adjacent to an activating group) is 1. The Morgan fingerprint density at radius 3 is 2.84 bits per heavy atom. The van der Waals surface area contributed by atoms with Crippen LogP contribution < -0.4 is 5.32 Å². The molecule has 4 nitrogen and oxygen atoms in total. The fourth-order valence-electron chi connectivity index (χ4n) is 2.27. The van der Waals surface area contributed by atoms with Crippen molar-refractivity contribution >= 4 is 23.4 Å². The standard InChI is InChI=1S/C14H17ClN2O2/c1-9-7-11(15)4-3-10(9)8-16-14(19)12-5-6-13(18)17(12)2/h3-4,7,12H,5-6,8H2,1-2H3,(H,16,19). The number of carbonyl (C=O) groups is 2. The number of hydrogen-bond acceptors (Lipinski definition) is 2. The van der Waals surface area contributed by atoms with E-state index in [0.29, 0.717) is 24.4 Å². The molecule has 0 saturated carbocycles. The average molecular weight is 281 g/mol. The second kappa shape index (κ2) is 5.61. The highest BCUT2D eigenvalue weighted by Crippen LogP contribution is 2.18. The van der Waals surface area contributed by atoms with Gasteiger partial charge in [-0.1, -0.05) is 17.7 Å². The Labute approximate surface area is 117 Å². The normalized spacial score (nSPS) is 18.8. The molecule has 1 aliphatic heterocycles. The Bertz CT molecular complexity index is 516. The van der Waals surface area contributed by atoms with Gasteiger partial charge in [-0.3, -0.25) is 9.59 Å². The topological polar surface area (TPSA) is 49.4 Å². The second-order valence-corrected chi connectivity index (χ2v) is 5.28. The molecule has 1 unspecified atom stereocenters. The van der Waals surface area contributed by atoms with Crippen molar-refractivity contribution in [2.45, 2.75) is 32.4 Å². The van der Waals surface area contributed by atoms with Crippen molar-refractivity contribution in [3.05, 3.63) is 34.3 Å². The second-order valence-electron chi connectivity index (χ2n) is 4.85. The van der Waals surface area contributed by atoms with Crippen LogP contribution in [0.5, 0.6) is 0 Å². The quantitative estimate of drug-likeness (QED) is 0.919. The number of amides is 2. The van der Waals surface area contributed by atoms with Gasteiger partial charge >= 0.3 is 0 Å². The number of likely N-dealkylation sites (tertiary alicyclic amines) is 1. The molecule has 0 radical (unpaired) electrons. The van der Waals surface area contributed by atoms with Crippen LogP contribution in [0.15, 0.2) is 18.2 Å². The van der Waals surface area contributed by atoms with E-state index in [1.54, 1.807) is 13.1 Å². The molecule has 1 atom stereocenters. The van der Waals surface area contributed by atoms with Crippen molar-refractivity contribution in [1.29, 1.82) is 0 Å². The highest BCUT2D eigenvalue weighted by Gasteiger charge is 2.32. The molecule has 2 amide bonds. The molecular formula is C14H17ClN2O2. The summed E-state index contributed by atoms with van der Waals surface area (Å²) in [6.07, 6.45) is 1.05. The van der Waals surface area contributed by atoms with Crippen molar-refractivity contribution in [3.8, 4) is 0 Å². The predicted octanol–water partition coefficient (Wildman–Crippen LogP) is 1.89. The van der Waals surface area contributed by atoms with E-state index in [9.17, 15) is 9.59 Å². The van der Waals surface area contributed by atoms with E-state index in [1.807, 2.05) is 19.1 Å². The van der Waals surface area contributed by atoms with Gasteiger partial charge in [0.15, 0.2) is 0 Å². The molecular weight excluding hydrogens is 264 g/mol. The zero-order chi connectivity index (χ0) is 14.0. The van der Waals surface area contributed by atoms with Gasteiger partial charge in [-0.15, -0.1) is 0 Å². The number of halogens is 1. The summed E-state index contributed by atoms with van der Waals surface area (Å²) >= 11 is 5.89. The van der Waals surface area contributed by atoms with Crippen LogP contribution in [0.1, 0.15) is 24.0 Å². The molecule has 2 rings (SSSR count). The Balaban J connectivity index is 1.95.